The van der Waals surface area contributed by atoms with Crippen LogP contribution in [0.1, 0.15) is 26.7 Å². The average molecular weight is 292 g/mol. The Hall–Kier alpha value is -1.67. The van der Waals surface area contributed by atoms with Gasteiger partial charge in [-0.15, -0.1) is 11.8 Å². The number of nitriles is 1. The lowest BCUT2D eigenvalue weighted by Crippen LogP contribution is -2.41. The number of ether oxygens (including phenoxy) is 1. The second-order valence-electron chi connectivity index (χ2n) is 4.41. The summed E-state index contributed by atoms with van der Waals surface area (Å²) in [6, 6.07) is 9.19. The molecule has 0 heterocycles. The number of hydrogen-bond donors (Lipinski definition) is 1. The topological polar surface area (TPSA) is 62.1 Å². The van der Waals surface area contributed by atoms with E-state index in [-0.39, 0.29) is 5.91 Å². The standard InChI is InChI=1S/C15H20N2O2S/c1-4-5-12(10-16)17-15(18)11(2)19-13-6-8-14(20-3)9-7-13/h6-9,11-12H,4-5H2,1-3H3,(H,17,18)/t11-,12+/m0/s1. The molecule has 0 saturated heterocycles. The molecule has 1 aromatic carbocycles. The minimum atomic E-state index is -0.622. The minimum Gasteiger partial charge on any atom is -0.481 e. The summed E-state index contributed by atoms with van der Waals surface area (Å²) in [6.07, 6.45) is 2.88. The molecule has 0 spiro atoms. The van der Waals surface area contributed by atoms with Crippen LogP contribution in [0.4, 0.5) is 0 Å². The predicted molar refractivity (Wildman–Crippen MR) is 80.8 cm³/mol. The van der Waals surface area contributed by atoms with Crippen LogP contribution in [0.3, 0.4) is 0 Å². The summed E-state index contributed by atoms with van der Waals surface area (Å²) >= 11 is 1.65. The smallest absolute Gasteiger partial charge is 0.261 e. The number of carbonyl (C=O) groups is 1. The zero-order valence-corrected chi connectivity index (χ0v) is 12.9. The fraction of sp³-hybridized carbons (Fsp3) is 0.467. The molecule has 0 bridgehead atoms. The summed E-state index contributed by atoms with van der Waals surface area (Å²) in [7, 11) is 0. The summed E-state index contributed by atoms with van der Waals surface area (Å²) in [5.74, 6) is 0.383. The molecule has 1 rings (SSSR count). The molecule has 108 valence electrons. The first kappa shape index (κ1) is 16.4. The Morgan fingerprint density at radius 2 is 2.10 bits per heavy atom. The molecule has 0 radical (unpaired) electrons. The zero-order valence-electron chi connectivity index (χ0n) is 12.1. The van der Waals surface area contributed by atoms with Crippen molar-refractivity contribution in [1.29, 1.82) is 5.26 Å². The van der Waals surface area contributed by atoms with Crippen molar-refractivity contribution in [2.45, 2.75) is 43.7 Å². The van der Waals surface area contributed by atoms with Crippen molar-refractivity contribution in [3.05, 3.63) is 24.3 Å². The van der Waals surface area contributed by atoms with Gasteiger partial charge >= 0.3 is 0 Å². The van der Waals surface area contributed by atoms with Gasteiger partial charge in [0.15, 0.2) is 6.10 Å². The highest BCUT2D eigenvalue weighted by Gasteiger charge is 2.18. The second-order valence-corrected chi connectivity index (χ2v) is 5.29. The number of amides is 1. The van der Waals surface area contributed by atoms with Crippen LogP contribution >= 0.6 is 11.8 Å². The third-order valence-electron chi connectivity index (χ3n) is 2.79. The lowest BCUT2D eigenvalue weighted by molar-refractivity contribution is -0.127. The number of thioether (sulfide) groups is 1. The molecule has 0 unspecified atom stereocenters. The van der Waals surface area contributed by atoms with Crippen molar-refractivity contribution >= 4 is 17.7 Å². The zero-order chi connectivity index (χ0) is 15.0. The first-order valence-corrected chi connectivity index (χ1v) is 7.83. The van der Waals surface area contributed by atoms with Crippen LogP contribution in [0.2, 0.25) is 0 Å². The molecule has 0 saturated carbocycles. The summed E-state index contributed by atoms with van der Waals surface area (Å²) in [5, 5.41) is 11.6. The van der Waals surface area contributed by atoms with E-state index in [0.29, 0.717) is 12.2 Å². The van der Waals surface area contributed by atoms with Crippen molar-refractivity contribution in [2.75, 3.05) is 6.26 Å². The Labute approximate surface area is 124 Å². The molecule has 1 amide bonds. The van der Waals surface area contributed by atoms with Crippen LogP contribution in [0, 0.1) is 11.3 Å². The van der Waals surface area contributed by atoms with Gasteiger partial charge in [-0.1, -0.05) is 13.3 Å². The van der Waals surface area contributed by atoms with Gasteiger partial charge in [-0.2, -0.15) is 5.26 Å². The van der Waals surface area contributed by atoms with Crippen LogP contribution in [0.25, 0.3) is 0 Å². The van der Waals surface area contributed by atoms with Gasteiger partial charge in [-0.25, -0.2) is 0 Å². The molecule has 0 aliphatic carbocycles. The largest absolute Gasteiger partial charge is 0.481 e. The van der Waals surface area contributed by atoms with E-state index in [1.807, 2.05) is 37.4 Å². The highest BCUT2D eigenvalue weighted by Crippen LogP contribution is 2.19. The van der Waals surface area contributed by atoms with E-state index in [2.05, 4.69) is 11.4 Å². The number of rotatable bonds is 7. The third kappa shape index (κ3) is 5.14. The average Bonchev–Trinajstić information content (AvgIpc) is 2.47. The molecule has 1 aromatic rings. The van der Waals surface area contributed by atoms with E-state index in [0.717, 1.165) is 11.3 Å². The van der Waals surface area contributed by atoms with Gasteiger partial charge in [0.05, 0.1) is 6.07 Å². The van der Waals surface area contributed by atoms with E-state index in [4.69, 9.17) is 10.00 Å². The van der Waals surface area contributed by atoms with Crippen molar-refractivity contribution < 1.29 is 9.53 Å². The number of hydrogen-bond acceptors (Lipinski definition) is 4. The highest BCUT2D eigenvalue weighted by molar-refractivity contribution is 7.98. The molecule has 5 heteroatoms. The van der Waals surface area contributed by atoms with Gasteiger partial charge < -0.3 is 10.1 Å². The number of nitrogens with one attached hydrogen (secondary N) is 1. The van der Waals surface area contributed by atoms with Crippen LogP contribution < -0.4 is 10.1 Å². The Morgan fingerprint density at radius 1 is 1.45 bits per heavy atom. The SMILES string of the molecule is CCC[C@H](C#N)NC(=O)[C@H](C)Oc1ccc(SC)cc1. The maximum atomic E-state index is 11.9. The van der Waals surface area contributed by atoms with Gasteiger partial charge in [0.25, 0.3) is 5.91 Å². The summed E-state index contributed by atoms with van der Waals surface area (Å²) in [5.41, 5.74) is 0. The first-order chi connectivity index (χ1) is 9.60. The van der Waals surface area contributed by atoms with E-state index in [1.54, 1.807) is 18.7 Å². The summed E-state index contributed by atoms with van der Waals surface area (Å²) < 4.78 is 5.57. The van der Waals surface area contributed by atoms with Gasteiger partial charge in [0.1, 0.15) is 11.8 Å². The molecule has 0 aliphatic rings. The van der Waals surface area contributed by atoms with Crippen LogP contribution in [0.15, 0.2) is 29.2 Å². The number of benzene rings is 1. The first-order valence-electron chi connectivity index (χ1n) is 6.61. The van der Waals surface area contributed by atoms with Gasteiger partial charge in [0, 0.05) is 4.90 Å². The maximum absolute atomic E-state index is 11.9. The van der Waals surface area contributed by atoms with Gasteiger partial charge in [0.2, 0.25) is 0 Å². The van der Waals surface area contributed by atoms with E-state index in [9.17, 15) is 4.79 Å². The molecule has 1 N–H and O–H groups in total. The molecular weight excluding hydrogens is 272 g/mol. The monoisotopic (exact) mass is 292 g/mol. The molecule has 0 fully saturated rings. The van der Waals surface area contributed by atoms with Crippen LogP contribution in [-0.4, -0.2) is 24.3 Å². The predicted octanol–water partition coefficient (Wildman–Crippen LogP) is 2.98. The van der Waals surface area contributed by atoms with E-state index in [1.165, 1.54) is 0 Å². The lowest BCUT2D eigenvalue weighted by atomic mass is 10.2. The molecule has 20 heavy (non-hydrogen) atoms. The fourth-order valence-electron chi connectivity index (χ4n) is 1.66. The Kier molecular flexibility index (Phi) is 6.96. The molecule has 0 aliphatic heterocycles. The summed E-state index contributed by atoms with van der Waals surface area (Å²) in [4.78, 5) is 13.1. The lowest BCUT2D eigenvalue weighted by Gasteiger charge is -2.17. The normalized spacial score (nSPS) is 13.1. The maximum Gasteiger partial charge on any atom is 0.261 e. The highest BCUT2D eigenvalue weighted by atomic mass is 32.2. The van der Waals surface area contributed by atoms with Crippen molar-refractivity contribution in [3.8, 4) is 11.8 Å². The number of nitrogens with zero attached hydrogens (tertiary/aromatic N) is 1. The summed E-state index contributed by atoms with van der Waals surface area (Å²) in [6.45, 7) is 3.65. The van der Waals surface area contributed by atoms with Gasteiger partial charge in [-0.3, -0.25) is 4.79 Å². The van der Waals surface area contributed by atoms with Gasteiger partial charge in [-0.05, 0) is 43.9 Å². The molecular formula is C15H20N2O2S. The van der Waals surface area contributed by atoms with E-state index >= 15 is 0 Å². The second kappa shape index (κ2) is 8.49. The quantitative estimate of drug-likeness (QED) is 0.785. The molecule has 0 aromatic heterocycles. The van der Waals surface area contributed by atoms with Crippen molar-refractivity contribution in [3.63, 3.8) is 0 Å². The number of carbonyl (C=O) groups excluding carboxylic acids is 1. The Morgan fingerprint density at radius 3 is 2.60 bits per heavy atom. The minimum absolute atomic E-state index is 0.265. The van der Waals surface area contributed by atoms with Crippen molar-refractivity contribution in [1.82, 2.24) is 5.32 Å². The third-order valence-corrected chi connectivity index (χ3v) is 3.53. The van der Waals surface area contributed by atoms with E-state index < -0.39 is 12.1 Å². The fourth-order valence-corrected chi connectivity index (χ4v) is 2.07. The Balaban J connectivity index is 2.54. The van der Waals surface area contributed by atoms with Crippen LogP contribution in [-0.2, 0) is 4.79 Å². The van der Waals surface area contributed by atoms with Crippen molar-refractivity contribution in [2.24, 2.45) is 0 Å². The molecule has 2 atom stereocenters. The molecule has 4 nitrogen and oxygen atoms in total. The van der Waals surface area contributed by atoms with Crippen LogP contribution in [0.5, 0.6) is 5.75 Å². The Bertz CT molecular complexity index is 468.